The van der Waals surface area contributed by atoms with E-state index in [0.717, 1.165) is 0 Å². The lowest BCUT2D eigenvalue weighted by Crippen LogP contribution is -2.48. The van der Waals surface area contributed by atoms with E-state index in [1.54, 1.807) is 0 Å². The largest absolute Gasteiger partial charge is 0.0687 e. The van der Waals surface area contributed by atoms with Crippen molar-refractivity contribution in [1.29, 1.82) is 0 Å². The molecule has 0 N–H and O–H groups in total. The molecule has 2 spiro atoms. The van der Waals surface area contributed by atoms with Crippen molar-refractivity contribution in [1.82, 2.24) is 0 Å². The molecular formula is C22H16. The lowest BCUT2D eigenvalue weighted by molar-refractivity contribution is 0.397. The van der Waals surface area contributed by atoms with E-state index in [-0.39, 0.29) is 10.8 Å². The monoisotopic (exact) mass is 280 g/mol. The second kappa shape index (κ2) is 3.98. The van der Waals surface area contributed by atoms with Gasteiger partial charge in [-0.1, -0.05) is 97.2 Å². The quantitative estimate of drug-likeness (QED) is 0.623. The molecule has 0 heterocycles. The summed E-state index contributed by atoms with van der Waals surface area (Å²) in [6.07, 6.45) is 27.2. The summed E-state index contributed by atoms with van der Waals surface area (Å²) in [4.78, 5) is 0. The number of fused-ring (bicyclic) bond motifs is 1. The van der Waals surface area contributed by atoms with E-state index in [0.29, 0.717) is 0 Å². The van der Waals surface area contributed by atoms with Crippen molar-refractivity contribution < 1.29 is 0 Å². The summed E-state index contributed by atoms with van der Waals surface area (Å²) in [5.74, 6) is 0. The minimum Gasteiger partial charge on any atom is -0.0687 e. The molecule has 1 aromatic carbocycles. The van der Waals surface area contributed by atoms with Crippen molar-refractivity contribution in [2.45, 2.75) is 5.41 Å². The van der Waals surface area contributed by atoms with Crippen molar-refractivity contribution in [3.05, 3.63) is 113 Å². The Morgan fingerprint density at radius 3 is 2.36 bits per heavy atom. The first-order valence-electron chi connectivity index (χ1n) is 7.80. The lowest BCUT2D eigenvalue weighted by Gasteiger charge is -2.53. The maximum atomic E-state index is 2.39. The van der Waals surface area contributed by atoms with Gasteiger partial charge in [0.05, 0.1) is 5.41 Å². The van der Waals surface area contributed by atoms with E-state index in [1.807, 2.05) is 0 Å². The molecule has 0 saturated carbocycles. The zero-order valence-electron chi connectivity index (χ0n) is 12.2. The fourth-order valence-corrected chi connectivity index (χ4v) is 4.46. The smallest absolute Gasteiger partial charge is 0.0557 e. The molecule has 2 atom stereocenters. The predicted molar refractivity (Wildman–Crippen MR) is 92.3 cm³/mol. The third kappa shape index (κ3) is 1.20. The van der Waals surface area contributed by atoms with Gasteiger partial charge in [0.25, 0.3) is 0 Å². The van der Waals surface area contributed by atoms with E-state index in [1.165, 1.54) is 22.3 Å². The highest BCUT2D eigenvalue weighted by atomic mass is 14.6. The van der Waals surface area contributed by atoms with E-state index in [4.69, 9.17) is 0 Å². The maximum Gasteiger partial charge on any atom is 0.0557 e. The molecule has 0 fully saturated rings. The Labute approximate surface area is 130 Å². The van der Waals surface area contributed by atoms with Crippen LogP contribution in [0.2, 0.25) is 0 Å². The van der Waals surface area contributed by atoms with Gasteiger partial charge in [-0.25, -0.2) is 0 Å². The Morgan fingerprint density at radius 1 is 0.636 bits per heavy atom. The highest BCUT2D eigenvalue weighted by Gasteiger charge is 2.55. The average molecular weight is 280 g/mol. The van der Waals surface area contributed by atoms with Crippen molar-refractivity contribution in [3.8, 4) is 0 Å². The second-order valence-electron chi connectivity index (χ2n) is 6.28. The number of hydrogen-bond acceptors (Lipinski definition) is 0. The number of rotatable bonds is 0. The van der Waals surface area contributed by atoms with Crippen LogP contribution in [0.5, 0.6) is 0 Å². The molecule has 0 aromatic heterocycles. The van der Waals surface area contributed by atoms with Crippen LogP contribution in [0, 0.1) is 5.41 Å². The van der Waals surface area contributed by atoms with Gasteiger partial charge in [-0.05, 0) is 22.3 Å². The van der Waals surface area contributed by atoms with Crippen LogP contribution < -0.4 is 0 Å². The summed E-state index contributed by atoms with van der Waals surface area (Å²) in [6.45, 7) is 0. The molecule has 0 saturated heterocycles. The van der Waals surface area contributed by atoms with Gasteiger partial charge in [0.1, 0.15) is 0 Å². The molecule has 22 heavy (non-hydrogen) atoms. The van der Waals surface area contributed by atoms with E-state index in [9.17, 15) is 0 Å². The highest BCUT2D eigenvalue weighted by molar-refractivity contribution is 5.75. The molecule has 5 rings (SSSR count). The Bertz CT molecular complexity index is 872. The van der Waals surface area contributed by atoms with Crippen LogP contribution in [0.3, 0.4) is 0 Å². The zero-order chi connectivity index (χ0) is 14.6. The molecule has 104 valence electrons. The third-order valence-corrected chi connectivity index (χ3v) is 5.42. The van der Waals surface area contributed by atoms with Gasteiger partial charge >= 0.3 is 0 Å². The van der Waals surface area contributed by atoms with Crippen molar-refractivity contribution >= 4 is 6.08 Å². The van der Waals surface area contributed by atoms with Gasteiger partial charge < -0.3 is 0 Å². The van der Waals surface area contributed by atoms with Gasteiger partial charge in [0, 0.05) is 5.41 Å². The summed E-state index contributed by atoms with van der Waals surface area (Å²) in [7, 11) is 0. The Morgan fingerprint density at radius 2 is 1.41 bits per heavy atom. The van der Waals surface area contributed by atoms with Gasteiger partial charge in [-0.3, -0.25) is 0 Å². The first-order valence-corrected chi connectivity index (χ1v) is 7.80. The topological polar surface area (TPSA) is 0 Å². The molecule has 2 unspecified atom stereocenters. The van der Waals surface area contributed by atoms with Gasteiger partial charge in [-0.15, -0.1) is 0 Å². The molecule has 0 heteroatoms. The second-order valence-corrected chi connectivity index (χ2v) is 6.28. The average Bonchev–Trinajstić information content (AvgIpc) is 2.59. The number of allylic oxidation sites excluding steroid dienone is 13. The van der Waals surface area contributed by atoms with Crippen LogP contribution in [0.15, 0.2) is 102 Å². The van der Waals surface area contributed by atoms with E-state index < -0.39 is 0 Å². The summed E-state index contributed by atoms with van der Waals surface area (Å²) < 4.78 is 0. The Balaban J connectivity index is 1.93. The molecule has 0 nitrogen and oxygen atoms in total. The summed E-state index contributed by atoms with van der Waals surface area (Å²) >= 11 is 0. The Hall–Kier alpha value is -2.60. The molecule has 0 aliphatic heterocycles. The first kappa shape index (κ1) is 12.0. The third-order valence-electron chi connectivity index (χ3n) is 5.42. The van der Waals surface area contributed by atoms with Gasteiger partial charge in [0.2, 0.25) is 0 Å². The van der Waals surface area contributed by atoms with Crippen LogP contribution in [-0.2, 0) is 5.41 Å². The molecule has 0 amide bonds. The lowest BCUT2D eigenvalue weighted by atomic mass is 9.48. The number of benzene rings is 1. The minimum absolute atomic E-state index is 0.110. The van der Waals surface area contributed by atoms with Crippen LogP contribution >= 0.6 is 0 Å². The first-order chi connectivity index (χ1) is 10.9. The minimum atomic E-state index is -0.127. The van der Waals surface area contributed by atoms with Gasteiger partial charge in [0.15, 0.2) is 0 Å². The molecule has 4 aliphatic rings. The van der Waals surface area contributed by atoms with Crippen LogP contribution in [-0.4, -0.2) is 0 Å². The predicted octanol–water partition coefficient (Wildman–Crippen LogP) is 5.06. The van der Waals surface area contributed by atoms with Crippen LogP contribution in [0.25, 0.3) is 6.08 Å². The standard InChI is InChI=1S/C22H16/c1-2-9-20-17(7-1)10-11-19-13-12-18-8-3-4-14-21(18)15-5-6-16-22(19,20)21/h1-16H. The summed E-state index contributed by atoms with van der Waals surface area (Å²) in [5.41, 5.74) is 5.22. The maximum absolute atomic E-state index is 2.39. The van der Waals surface area contributed by atoms with Crippen molar-refractivity contribution in [2.24, 2.45) is 5.41 Å². The highest BCUT2D eigenvalue weighted by Crippen LogP contribution is 2.61. The molecule has 1 aromatic rings. The zero-order valence-corrected chi connectivity index (χ0v) is 12.2. The van der Waals surface area contributed by atoms with E-state index >= 15 is 0 Å². The summed E-state index contributed by atoms with van der Waals surface area (Å²) in [5, 5.41) is 0. The Kier molecular flexibility index (Phi) is 2.17. The van der Waals surface area contributed by atoms with Crippen LogP contribution in [0.4, 0.5) is 0 Å². The number of hydrogen-bond donors (Lipinski definition) is 0. The van der Waals surface area contributed by atoms with Crippen molar-refractivity contribution in [2.75, 3.05) is 0 Å². The summed E-state index contributed by atoms with van der Waals surface area (Å²) in [6, 6.07) is 8.79. The molecular weight excluding hydrogens is 264 g/mol. The molecule has 4 aliphatic carbocycles. The fourth-order valence-electron chi connectivity index (χ4n) is 4.46. The fraction of sp³-hybridized carbons (Fsp3) is 0.0909. The molecule has 0 radical (unpaired) electrons. The molecule has 0 bridgehead atoms. The van der Waals surface area contributed by atoms with Crippen molar-refractivity contribution in [3.63, 3.8) is 0 Å². The normalized spacial score (nSPS) is 32.5. The van der Waals surface area contributed by atoms with E-state index in [2.05, 4.69) is 97.2 Å². The SMILES string of the molecule is C1=CC2=CC=C3C=Cc4ccccc4C34C=CC=CC24C=C1. The van der Waals surface area contributed by atoms with Crippen LogP contribution in [0.1, 0.15) is 11.1 Å². The van der Waals surface area contributed by atoms with Gasteiger partial charge in [-0.2, -0.15) is 0 Å².